The van der Waals surface area contributed by atoms with Crippen molar-refractivity contribution >= 4 is 17.1 Å². The number of hydrogen-bond donors (Lipinski definition) is 0. The van der Waals surface area contributed by atoms with Gasteiger partial charge in [-0.3, -0.25) is 4.79 Å². The highest BCUT2D eigenvalue weighted by Gasteiger charge is 2.27. The zero-order chi connectivity index (χ0) is 17.1. The fourth-order valence-electron chi connectivity index (χ4n) is 3.59. The second kappa shape index (κ2) is 7.43. The highest BCUT2D eigenvalue weighted by molar-refractivity contribution is 7.13. The van der Waals surface area contributed by atoms with Crippen LogP contribution in [-0.2, 0) is 11.2 Å². The Morgan fingerprint density at radius 3 is 2.62 bits per heavy atom. The summed E-state index contributed by atoms with van der Waals surface area (Å²) in [6.45, 7) is 8.42. The van der Waals surface area contributed by atoms with Crippen molar-refractivity contribution in [1.29, 1.82) is 0 Å². The van der Waals surface area contributed by atoms with Crippen LogP contribution in [-0.4, -0.2) is 10.8 Å². The van der Waals surface area contributed by atoms with E-state index in [4.69, 9.17) is 0 Å². The summed E-state index contributed by atoms with van der Waals surface area (Å²) in [7, 11) is 0. The maximum Gasteiger partial charge on any atom is 0.140 e. The first-order valence-electron chi connectivity index (χ1n) is 8.71. The molecule has 0 radical (unpaired) electrons. The molecule has 0 bridgehead atoms. The third-order valence-corrected chi connectivity index (χ3v) is 5.97. The molecule has 1 aliphatic carbocycles. The molecule has 1 unspecified atom stereocenters. The van der Waals surface area contributed by atoms with Crippen molar-refractivity contribution in [1.82, 2.24) is 4.98 Å². The fourth-order valence-corrected chi connectivity index (χ4v) is 4.41. The molecule has 3 heteroatoms. The highest BCUT2D eigenvalue weighted by Crippen LogP contribution is 2.32. The smallest absolute Gasteiger partial charge is 0.140 e. The maximum absolute atomic E-state index is 12.4. The summed E-state index contributed by atoms with van der Waals surface area (Å²) in [5.74, 6) is 1.37. The van der Waals surface area contributed by atoms with Crippen molar-refractivity contribution in [2.24, 2.45) is 11.8 Å². The van der Waals surface area contributed by atoms with Crippen LogP contribution in [0.4, 0.5) is 0 Å². The minimum absolute atomic E-state index is 0.272. The molecule has 0 aliphatic heterocycles. The van der Waals surface area contributed by atoms with E-state index in [1.807, 2.05) is 12.4 Å². The first-order chi connectivity index (χ1) is 11.5. The number of aromatic nitrogens is 1. The van der Waals surface area contributed by atoms with E-state index in [1.165, 1.54) is 22.4 Å². The van der Waals surface area contributed by atoms with Gasteiger partial charge >= 0.3 is 0 Å². The minimum Gasteiger partial charge on any atom is -0.299 e. The number of hydrogen-bond acceptors (Lipinski definition) is 3. The number of rotatable bonds is 6. The molecule has 1 fully saturated rings. The van der Waals surface area contributed by atoms with Gasteiger partial charge in [0.05, 0.1) is 16.1 Å². The summed E-state index contributed by atoms with van der Waals surface area (Å²) in [5, 5.41) is 0. The van der Waals surface area contributed by atoms with Crippen LogP contribution in [0.5, 0.6) is 0 Å². The molecule has 1 saturated carbocycles. The molecular weight excluding hydrogens is 314 g/mol. The SMILES string of the molecule is C=C(CC(=O)C1CC[C@@H](C)C1)Cc1ccc(-c2scnc2C)cc1. The molecule has 126 valence electrons. The van der Waals surface area contributed by atoms with Crippen LogP contribution >= 0.6 is 11.3 Å². The van der Waals surface area contributed by atoms with Gasteiger partial charge in [0, 0.05) is 12.3 Å². The Morgan fingerprint density at radius 2 is 2.04 bits per heavy atom. The molecule has 1 aromatic carbocycles. The standard InChI is InChI=1S/C21H25NOS/c1-14-4-7-19(11-14)20(23)12-15(2)10-17-5-8-18(9-6-17)21-16(3)22-13-24-21/h5-6,8-9,13-14,19H,2,4,7,10-12H2,1,3H3/t14-,19?/m1/s1. The molecule has 2 nitrogen and oxygen atoms in total. The lowest BCUT2D eigenvalue weighted by Gasteiger charge is -2.11. The molecule has 0 saturated heterocycles. The molecule has 1 heterocycles. The molecule has 3 rings (SSSR count). The number of carbonyl (C=O) groups excluding carboxylic acids is 1. The van der Waals surface area contributed by atoms with E-state index in [-0.39, 0.29) is 5.92 Å². The summed E-state index contributed by atoms with van der Waals surface area (Å²) in [5.41, 5.74) is 6.42. The second-order valence-corrected chi connectivity index (χ2v) is 8.00. The van der Waals surface area contributed by atoms with E-state index in [0.29, 0.717) is 18.1 Å². The first-order valence-corrected chi connectivity index (χ1v) is 9.59. The van der Waals surface area contributed by atoms with Gasteiger partial charge in [0.2, 0.25) is 0 Å². The molecule has 24 heavy (non-hydrogen) atoms. The van der Waals surface area contributed by atoms with Gasteiger partial charge in [-0.25, -0.2) is 4.98 Å². The topological polar surface area (TPSA) is 30.0 Å². The van der Waals surface area contributed by atoms with Crippen LogP contribution in [0.15, 0.2) is 41.9 Å². The average molecular weight is 340 g/mol. The summed E-state index contributed by atoms with van der Waals surface area (Å²) in [4.78, 5) is 17.9. The van der Waals surface area contributed by atoms with Crippen LogP contribution in [0.25, 0.3) is 10.4 Å². The van der Waals surface area contributed by atoms with Crippen LogP contribution in [0.3, 0.4) is 0 Å². The van der Waals surface area contributed by atoms with E-state index in [0.717, 1.165) is 30.5 Å². The molecule has 1 aromatic heterocycles. The lowest BCUT2D eigenvalue weighted by molar-refractivity contribution is -0.122. The maximum atomic E-state index is 12.4. The van der Waals surface area contributed by atoms with Gasteiger partial charge in [0.15, 0.2) is 0 Å². The molecule has 1 aliphatic rings. The van der Waals surface area contributed by atoms with Crippen LogP contribution in [0.2, 0.25) is 0 Å². The molecular formula is C21H25NOS. The normalized spacial score (nSPS) is 20.2. The number of allylic oxidation sites excluding steroid dienone is 1. The Hall–Kier alpha value is -1.74. The Morgan fingerprint density at radius 1 is 1.29 bits per heavy atom. The number of Topliss-reactive ketones (excluding diaryl/α,β-unsaturated/α-hetero) is 1. The number of nitrogens with zero attached hydrogens (tertiary/aromatic N) is 1. The Labute approximate surface area is 148 Å². The molecule has 0 N–H and O–H groups in total. The predicted octanol–water partition coefficient (Wildman–Crippen LogP) is 5.61. The average Bonchev–Trinajstić information content (AvgIpc) is 3.16. The van der Waals surface area contributed by atoms with Gasteiger partial charge in [-0.1, -0.05) is 43.3 Å². The Bertz CT molecular complexity index is 729. The highest BCUT2D eigenvalue weighted by atomic mass is 32.1. The number of aryl methyl sites for hydroxylation is 1. The molecule has 2 atom stereocenters. The van der Waals surface area contributed by atoms with Gasteiger partial charge in [0.1, 0.15) is 5.78 Å². The van der Waals surface area contributed by atoms with Crippen molar-refractivity contribution in [3.63, 3.8) is 0 Å². The van der Waals surface area contributed by atoms with Crippen molar-refractivity contribution in [2.45, 2.75) is 46.0 Å². The summed E-state index contributed by atoms with van der Waals surface area (Å²) in [6, 6.07) is 8.57. The van der Waals surface area contributed by atoms with Crippen molar-refractivity contribution in [3.8, 4) is 10.4 Å². The fraction of sp³-hybridized carbons (Fsp3) is 0.429. The van der Waals surface area contributed by atoms with Crippen LogP contribution in [0, 0.1) is 18.8 Å². The van der Waals surface area contributed by atoms with Gasteiger partial charge in [-0.15, -0.1) is 11.3 Å². The molecule has 2 aromatic rings. The lowest BCUT2D eigenvalue weighted by atomic mass is 9.93. The lowest BCUT2D eigenvalue weighted by Crippen LogP contribution is -2.12. The number of carbonyl (C=O) groups is 1. The zero-order valence-electron chi connectivity index (χ0n) is 14.5. The third-order valence-electron chi connectivity index (χ3n) is 4.99. The monoisotopic (exact) mass is 339 g/mol. The van der Waals surface area contributed by atoms with Crippen molar-refractivity contribution in [3.05, 3.63) is 53.2 Å². The Kier molecular flexibility index (Phi) is 5.30. The summed E-state index contributed by atoms with van der Waals surface area (Å²) in [6.07, 6.45) is 4.65. The number of thiazole rings is 1. The van der Waals surface area contributed by atoms with Gasteiger partial charge in [0.25, 0.3) is 0 Å². The van der Waals surface area contributed by atoms with Crippen LogP contribution in [0.1, 0.15) is 43.9 Å². The van der Waals surface area contributed by atoms with Crippen LogP contribution < -0.4 is 0 Å². The third kappa shape index (κ3) is 4.02. The predicted molar refractivity (Wildman–Crippen MR) is 101 cm³/mol. The second-order valence-electron chi connectivity index (χ2n) is 7.15. The molecule has 0 amide bonds. The van der Waals surface area contributed by atoms with Gasteiger partial charge in [-0.05, 0) is 49.7 Å². The summed E-state index contributed by atoms with van der Waals surface area (Å²) >= 11 is 1.67. The van der Waals surface area contributed by atoms with Gasteiger partial charge < -0.3 is 0 Å². The number of benzene rings is 1. The van der Waals surface area contributed by atoms with E-state index in [9.17, 15) is 4.79 Å². The van der Waals surface area contributed by atoms with Crippen molar-refractivity contribution < 1.29 is 4.79 Å². The quantitative estimate of drug-likeness (QED) is 0.640. The van der Waals surface area contributed by atoms with Gasteiger partial charge in [-0.2, -0.15) is 0 Å². The largest absolute Gasteiger partial charge is 0.299 e. The molecule has 0 spiro atoms. The number of ketones is 1. The van der Waals surface area contributed by atoms with E-state index < -0.39 is 0 Å². The van der Waals surface area contributed by atoms with E-state index in [2.05, 4.69) is 42.8 Å². The van der Waals surface area contributed by atoms with E-state index >= 15 is 0 Å². The minimum atomic E-state index is 0.272. The zero-order valence-corrected chi connectivity index (χ0v) is 15.4. The Balaban J connectivity index is 1.57. The van der Waals surface area contributed by atoms with E-state index in [1.54, 1.807) is 11.3 Å². The van der Waals surface area contributed by atoms with Crippen molar-refractivity contribution in [2.75, 3.05) is 0 Å². The first kappa shape index (κ1) is 17.1. The summed E-state index contributed by atoms with van der Waals surface area (Å²) < 4.78 is 0.